The maximum atomic E-state index is 12.9. The van der Waals surface area contributed by atoms with Crippen molar-refractivity contribution in [3.8, 4) is 0 Å². The van der Waals surface area contributed by atoms with Crippen molar-refractivity contribution in [1.82, 2.24) is 0 Å². The Balaban J connectivity index is 2.34. The molecule has 3 unspecified atom stereocenters. The van der Waals surface area contributed by atoms with Gasteiger partial charge in [-0.15, -0.1) is 0 Å². The van der Waals surface area contributed by atoms with Crippen molar-refractivity contribution in [2.45, 2.75) is 42.8 Å². The van der Waals surface area contributed by atoms with Gasteiger partial charge in [0.2, 0.25) is 0 Å². The molecule has 0 heterocycles. The van der Waals surface area contributed by atoms with E-state index in [1.54, 1.807) is 18.2 Å². The summed E-state index contributed by atoms with van der Waals surface area (Å²) in [5.74, 6) is 0.589. The van der Waals surface area contributed by atoms with E-state index in [2.05, 4.69) is 22.9 Å². The fraction of sp³-hybridized carbons (Fsp3) is 0.600. The zero-order valence-electron chi connectivity index (χ0n) is 11.8. The summed E-state index contributed by atoms with van der Waals surface area (Å²) >= 11 is 3.35. The van der Waals surface area contributed by atoms with Crippen molar-refractivity contribution in [2.75, 3.05) is 6.54 Å². The van der Waals surface area contributed by atoms with Gasteiger partial charge in [-0.1, -0.05) is 41.8 Å². The minimum Gasteiger partial charge on any atom is -0.330 e. The third kappa shape index (κ3) is 3.26. The Bertz CT molecular complexity index is 559. The lowest BCUT2D eigenvalue weighted by Crippen LogP contribution is -2.39. The first kappa shape index (κ1) is 16.0. The molecule has 1 aliphatic carbocycles. The molecule has 5 heteroatoms. The van der Waals surface area contributed by atoms with E-state index in [1.165, 1.54) is 0 Å². The van der Waals surface area contributed by atoms with E-state index in [1.807, 2.05) is 6.07 Å². The molecule has 0 aliphatic heterocycles. The predicted octanol–water partition coefficient (Wildman–Crippen LogP) is 3.38. The second-order valence-electron chi connectivity index (χ2n) is 5.62. The van der Waals surface area contributed by atoms with Gasteiger partial charge in [0.25, 0.3) is 0 Å². The lowest BCUT2D eigenvalue weighted by molar-refractivity contribution is 0.275. The fourth-order valence-corrected chi connectivity index (χ4v) is 5.85. The first-order chi connectivity index (χ1) is 9.48. The Kier molecular flexibility index (Phi) is 5.26. The molecule has 1 saturated carbocycles. The molecule has 1 aromatic rings. The van der Waals surface area contributed by atoms with Gasteiger partial charge < -0.3 is 5.73 Å². The van der Waals surface area contributed by atoms with Crippen molar-refractivity contribution in [1.29, 1.82) is 0 Å². The molecule has 20 heavy (non-hydrogen) atoms. The first-order valence-electron chi connectivity index (χ1n) is 7.18. The smallest absolute Gasteiger partial charge is 0.181 e. The second kappa shape index (κ2) is 6.58. The van der Waals surface area contributed by atoms with E-state index >= 15 is 0 Å². The molecular formula is C15H22BrNO2S. The molecule has 1 aliphatic rings. The SMILES string of the molecule is CCC1CCC(CN)C(S(=O)(=O)c2cccc(Br)c2)C1. The number of rotatable bonds is 4. The zero-order chi connectivity index (χ0) is 14.8. The third-order valence-electron chi connectivity index (χ3n) is 4.44. The Morgan fingerprint density at radius 1 is 1.35 bits per heavy atom. The van der Waals surface area contributed by atoms with Crippen molar-refractivity contribution >= 4 is 25.8 Å². The van der Waals surface area contributed by atoms with Crippen LogP contribution in [-0.2, 0) is 9.84 Å². The standard InChI is InChI=1S/C15H22BrNO2S/c1-2-11-6-7-12(10-17)15(8-11)20(18,19)14-5-3-4-13(16)9-14/h3-5,9,11-12,15H,2,6-8,10,17H2,1H3. The molecule has 0 bridgehead atoms. The van der Waals surface area contributed by atoms with Gasteiger partial charge in [-0.25, -0.2) is 8.42 Å². The highest BCUT2D eigenvalue weighted by atomic mass is 79.9. The normalized spacial score (nSPS) is 27.4. The van der Waals surface area contributed by atoms with Gasteiger partial charge in [0.05, 0.1) is 10.1 Å². The lowest BCUT2D eigenvalue weighted by atomic mass is 9.80. The summed E-state index contributed by atoms with van der Waals surface area (Å²) in [4.78, 5) is 0.409. The van der Waals surface area contributed by atoms with Crippen molar-refractivity contribution in [3.05, 3.63) is 28.7 Å². The summed E-state index contributed by atoms with van der Waals surface area (Å²) in [6.07, 6.45) is 3.81. The second-order valence-corrected chi connectivity index (χ2v) is 8.71. The van der Waals surface area contributed by atoms with Gasteiger partial charge in [0.15, 0.2) is 9.84 Å². The summed E-state index contributed by atoms with van der Waals surface area (Å²) in [6.45, 7) is 2.59. The Labute approximate surface area is 130 Å². The van der Waals surface area contributed by atoms with Crippen LogP contribution >= 0.6 is 15.9 Å². The van der Waals surface area contributed by atoms with Gasteiger partial charge in [0, 0.05) is 4.47 Å². The van der Waals surface area contributed by atoms with Crippen LogP contribution in [0, 0.1) is 11.8 Å². The minimum atomic E-state index is -3.30. The van der Waals surface area contributed by atoms with Gasteiger partial charge >= 0.3 is 0 Å². The van der Waals surface area contributed by atoms with Crippen molar-refractivity contribution in [3.63, 3.8) is 0 Å². The van der Waals surface area contributed by atoms with Crippen LogP contribution in [0.5, 0.6) is 0 Å². The van der Waals surface area contributed by atoms with Crippen molar-refractivity contribution in [2.24, 2.45) is 17.6 Å². The average molecular weight is 360 g/mol. The van der Waals surface area contributed by atoms with Crippen LogP contribution in [0.25, 0.3) is 0 Å². The quantitative estimate of drug-likeness (QED) is 0.896. The lowest BCUT2D eigenvalue weighted by Gasteiger charge is -2.34. The van der Waals surface area contributed by atoms with E-state index in [9.17, 15) is 8.42 Å². The number of hydrogen-bond acceptors (Lipinski definition) is 3. The van der Waals surface area contributed by atoms with E-state index in [0.29, 0.717) is 17.4 Å². The van der Waals surface area contributed by atoms with E-state index in [-0.39, 0.29) is 11.2 Å². The van der Waals surface area contributed by atoms with Crippen LogP contribution in [-0.4, -0.2) is 20.2 Å². The van der Waals surface area contributed by atoms with E-state index in [0.717, 1.165) is 30.2 Å². The molecule has 3 atom stereocenters. The van der Waals surface area contributed by atoms with Gasteiger partial charge in [-0.2, -0.15) is 0 Å². The van der Waals surface area contributed by atoms with Crippen molar-refractivity contribution < 1.29 is 8.42 Å². The predicted molar refractivity (Wildman–Crippen MR) is 85.3 cm³/mol. The number of benzene rings is 1. The maximum Gasteiger partial charge on any atom is 0.181 e. The number of sulfone groups is 1. The first-order valence-corrected chi connectivity index (χ1v) is 9.52. The monoisotopic (exact) mass is 359 g/mol. The third-order valence-corrected chi connectivity index (χ3v) is 7.22. The molecule has 112 valence electrons. The molecule has 1 fully saturated rings. The van der Waals surface area contributed by atoms with Crippen LogP contribution in [0.2, 0.25) is 0 Å². The zero-order valence-corrected chi connectivity index (χ0v) is 14.2. The average Bonchev–Trinajstić information content (AvgIpc) is 2.46. The Hall–Kier alpha value is -0.390. The van der Waals surface area contributed by atoms with Crippen LogP contribution in [0.4, 0.5) is 0 Å². The van der Waals surface area contributed by atoms with E-state index < -0.39 is 9.84 Å². The summed E-state index contributed by atoms with van der Waals surface area (Å²) in [5.41, 5.74) is 5.81. The summed E-state index contributed by atoms with van der Waals surface area (Å²) in [7, 11) is -3.30. The molecule has 1 aromatic carbocycles. The molecule has 3 nitrogen and oxygen atoms in total. The van der Waals surface area contributed by atoms with Crippen LogP contribution < -0.4 is 5.73 Å². The molecule has 2 N–H and O–H groups in total. The van der Waals surface area contributed by atoms with E-state index in [4.69, 9.17) is 5.73 Å². The topological polar surface area (TPSA) is 60.2 Å². The molecule has 0 amide bonds. The Morgan fingerprint density at radius 3 is 2.70 bits per heavy atom. The Morgan fingerprint density at radius 2 is 2.10 bits per heavy atom. The highest BCUT2D eigenvalue weighted by Gasteiger charge is 2.38. The largest absolute Gasteiger partial charge is 0.330 e. The van der Waals surface area contributed by atoms with Crippen LogP contribution in [0.1, 0.15) is 32.6 Å². The number of nitrogens with two attached hydrogens (primary N) is 1. The summed E-state index contributed by atoms with van der Waals surface area (Å²) in [5, 5.41) is -0.333. The summed E-state index contributed by atoms with van der Waals surface area (Å²) < 4.78 is 26.6. The van der Waals surface area contributed by atoms with Gasteiger partial charge in [-0.05, 0) is 49.4 Å². The number of hydrogen-bond donors (Lipinski definition) is 1. The van der Waals surface area contributed by atoms with Crippen LogP contribution in [0.3, 0.4) is 0 Å². The molecule has 2 rings (SSSR count). The highest BCUT2D eigenvalue weighted by molar-refractivity contribution is 9.10. The highest BCUT2D eigenvalue weighted by Crippen LogP contribution is 2.37. The van der Waals surface area contributed by atoms with Crippen LogP contribution in [0.15, 0.2) is 33.6 Å². The summed E-state index contributed by atoms with van der Waals surface area (Å²) in [6, 6.07) is 6.99. The maximum absolute atomic E-state index is 12.9. The fourth-order valence-electron chi connectivity index (χ4n) is 3.11. The molecule has 0 spiro atoms. The molecule has 0 radical (unpaired) electrons. The van der Waals surface area contributed by atoms with Gasteiger partial charge in [0.1, 0.15) is 0 Å². The molecule has 0 aromatic heterocycles. The van der Waals surface area contributed by atoms with Gasteiger partial charge in [-0.3, -0.25) is 0 Å². The number of halogens is 1. The molecule has 0 saturated heterocycles. The molecular weight excluding hydrogens is 338 g/mol. The minimum absolute atomic E-state index is 0.0850.